The second-order valence-electron chi connectivity index (χ2n) is 7.23. The summed E-state index contributed by atoms with van der Waals surface area (Å²) in [5.74, 6) is 2.96. The number of amidine groups is 1. The van der Waals surface area contributed by atoms with Gasteiger partial charge in [0.1, 0.15) is 17.4 Å². The number of anilines is 1. The number of nitrogens with one attached hydrogen (secondary N) is 1. The van der Waals surface area contributed by atoms with Crippen LogP contribution in [0, 0.1) is 0 Å². The number of benzene rings is 3. The van der Waals surface area contributed by atoms with E-state index in [9.17, 15) is 0 Å². The summed E-state index contributed by atoms with van der Waals surface area (Å²) in [4.78, 5) is 14.6. The average molecular weight is 394 g/mol. The number of nitrogens with zero attached hydrogens (tertiary/aromatic N) is 3. The highest BCUT2D eigenvalue weighted by atomic mass is 16.5. The minimum absolute atomic E-state index is 0.172. The zero-order chi connectivity index (χ0) is 20.5. The maximum atomic E-state index is 5.54. The van der Waals surface area contributed by atoms with E-state index in [1.807, 2.05) is 54.6 Å². The summed E-state index contributed by atoms with van der Waals surface area (Å²) in [5.41, 5.74) is 4.11. The van der Waals surface area contributed by atoms with Gasteiger partial charge in [-0.15, -0.1) is 0 Å². The van der Waals surface area contributed by atoms with Gasteiger partial charge < -0.3 is 10.1 Å². The Morgan fingerprint density at radius 2 is 1.60 bits per heavy atom. The molecule has 0 aliphatic carbocycles. The Hall–Kier alpha value is -3.73. The molecule has 0 spiro atoms. The molecule has 5 rings (SSSR count). The molecule has 4 aromatic rings. The number of rotatable bonds is 4. The van der Waals surface area contributed by atoms with E-state index in [2.05, 4.69) is 30.4 Å². The van der Waals surface area contributed by atoms with Crippen molar-refractivity contribution in [3.05, 3.63) is 83.9 Å². The van der Waals surface area contributed by atoms with Crippen molar-refractivity contribution in [3.8, 4) is 17.1 Å². The number of aromatic nitrogens is 2. The predicted molar refractivity (Wildman–Crippen MR) is 121 cm³/mol. The predicted octanol–water partition coefficient (Wildman–Crippen LogP) is 5.63. The molecule has 0 saturated heterocycles. The van der Waals surface area contributed by atoms with Gasteiger partial charge in [0.25, 0.3) is 0 Å². The zero-order valence-corrected chi connectivity index (χ0v) is 17.0. The molecule has 3 aromatic carbocycles. The molecule has 1 aliphatic heterocycles. The van der Waals surface area contributed by atoms with Gasteiger partial charge in [-0.2, -0.15) is 0 Å². The lowest BCUT2D eigenvalue weighted by molar-refractivity contribution is 0.416. The molecular formula is C25H22N4O. The number of ether oxygens (including phenoxy) is 1. The van der Waals surface area contributed by atoms with Crippen LogP contribution in [0.2, 0.25) is 0 Å². The van der Waals surface area contributed by atoms with Gasteiger partial charge >= 0.3 is 0 Å². The molecule has 1 atom stereocenters. The maximum absolute atomic E-state index is 5.54. The quantitative estimate of drug-likeness (QED) is 0.487. The third kappa shape index (κ3) is 3.08. The SMILES string of the molecule is CCC1N=C(Nc2nc(-c3ccccc3OC)nc3ccccc23)c2ccccc21. The average Bonchev–Trinajstić information content (AvgIpc) is 3.16. The van der Waals surface area contributed by atoms with Crippen molar-refractivity contribution in [3.63, 3.8) is 0 Å². The van der Waals surface area contributed by atoms with Gasteiger partial charge in [-0.25, -0.2) is 9.97 Å². The Morgan fingerprint density at radius 3 is 2.43 bits per heavy atom. The van der Waals surface area contributed by atoms with E-state index in [1.165, 1.54) is 5.56 Å². The first-order chi connectivity index (χ1) is 14.8. The lowest BCUT2D eigenvalue weighted by atomic mass is 10.0. The van der Waals surface area contributed by atoms with Gasteiger partial charge in [0.15, 0.2) is 5.82 Å². The highest BCUT2D eigenvalue weighted by Crippen LogP contribution is 2.34. The van der Waals surface area contributed by atoms with Crippen molar-refractivity contribution in [1.82, 2.24) is 9.97 Å². The Balaban J connectivity index is 1.65. The molecule has 148 valence electrons. The van der Waals surface area contributed by atoms with Crippen molar-refractivity contribution >= 4 is 22.6 Å². The summed E-state index contributed by atoms with van der Waals surface area (Å²) in [7, 11) is 1.66. The van der Waals surface area contributed by atoms with Gasteiger partial charge in [0.2, 0.25) is 0 Å². The first kappa shape index (κ1) is 18.3. The standard InChI is InChI=1S/C25H22N4O/c1-3-20-16-10-4-5-11-17(16)23(26-20)28-24-18-12-6-8-14-21(18)27-25(29-24)19-13-7-9-15-22(19)30-2/h4-15,20H,3H2,1-2H3,(H,26,27,28,29). The van der Waals surface area contributed by atoms with E-state index in [0.717, 1.165) is 45.9 Å². The fourth-order valence-corrected chi connectivity index (χ4v) is 3.94. The summed E-state index contributed by atoms with van der Waals surface area (Å²) in [5, 5.41) is 4.46. The van der Waals surface area contributed by atoms with Crippen LogP contribution in [0.3, 0.4) is 0 Å². The number of fused-ring (bicyclic) bond motifs is 2. The summed E-state index contributed by atoms with van der Waals surface area (Å²) < 4.78 is 5.54. The molecule has 2 heterocycles. The van der Waals surface area contributed by atoms with Crippen molar-refractivity contribution in [2.75, 3.05) is 12.4 Å². The molecule has 0 fully saturated rings. The van der Waals surface area contributed by atoms with Crippen LogP contribution < -0.4 is 10.1 Å². The molecule has 1 aliphatic rings. The summed E-state index contributed by atoms with van der Waals surface area (Å²) >= 11 is 0. The van der Waals surface area contributed by atoms with Crippen molar-refractivity contribution in [1.29, 1.82) is 0 Å². The van der Waals surface area contributed by atoms with E-state index in [1.54, 1.807) is 7.11 Å². The van der Waals surface area contributed by atoms with E-state index in [-0.39, 0.29) is 6.04 Å². The Morgan fingerprint density at radius 1 is 0.867 bits per heavy atom. The topological polar surface area (TPSA) is 59.4 Å². The molecule has 0 radical (unpaired) electrons. The lowest BCUT2D eigenvalue weighted by Gasteiger charge is -2.13. The molecule has 5 heteroatoms. The molecule has 5 nitrogen and oxygen atoms in total. The monoisotopic (exact) mass is 394 g/mol. The minimum Gasteiger partial charge on any atom is -0.496 e. The second kappa shape index (κ2) is 7.59. The van der Waals surface area contributed by atoms with Gasteiger partial charge in [-0.3, -0.25) is 4.99 Å². The third-order valence-electron chi connectivity index (χ3n) is 5.43. The fraction of sp³-hybridized carbons (Fsp3) is 0.160. The molecule has 1 unspecified atom stereocenters. The molecular weight excluding hydrogens is 372 g/mol. The molecule has 0 bridgehead atoms. The second-order valence-corrected chi connectivity index (χ2v) is 7.23. The third-order valence-corrected chi connectivity index (χ3v) is 5.43. The van der Waals surface area contributed by atoms with E-state index in [4.69, 9.17) is 19.7 Å². The first-order valence-corrected chi connectivity index (χ1v) is 10.1. The van der Waals surface area contributed by atoms with Crippen LogP contribution in [0.5, 0.6) is 5.75 Å². The zero-order valence-electron chi connectivity index (χ0n) is 17.0. The highest BCUT2D eigenvalue weighted by molar-refractivity contribution is 6.13. The van der Waals surface area contributed by atoms with Crippen LogP contribution in [-0.4, -0.2) is 22.9 Å². The Kier molecular flexibility index (Phi) is 4.64. The molecule has 1 aromatic heterocycles. The summed E-state index contributed by atoms with van der Waals surface area (Å²) in [6.45, 7) is 2.16. The summed E-state index contributed by atoms with van der Waals surface area (Å²) in [6, 6.07) is 24.4. The van der Waals surface area contributed by atoms with Crippen LogP contribution in [0.1, 0.15) is 30.5 Å². The van der Waals surface area contributed by atoms with Crippen molar-refractivity contribution in [2.45, 2.75) is 19.4 Å². The number of hydrogen-bond acceptors (Lipinski definition) is 5. The maximum Gasteiger partial charge on any atom is 0.165 e. The highest BCUT2D eigenvalue weighted by Gasteiger charge is 2.24. The Labute approximate surface area is 175 Å². The van der Waals surface area contributed by atoms with Crippen LogP contribution in [0.25, 0.3) is 22.3 Å². The van der Waals surface area contributed by atoms with Crippen LogP contribution in [0.15, 0.2) is 77.8 Å². The summed E-state index contributed by atoms with van der Waals surface area (Å²) in [6.07, 6.45) is 0.958. The molecule has 1 N–H and O–H groups in total. The number of aliphatic imine (C=N–C) groups is 1. The van der Waals surface area contributed by atoms with Gasteiger partial charge in [0, 0.05) is 10.9 Å². The van der Waals surface area contributed by atoms with Gasteiger partial charge in [0.05, 0.1) is 24.2 Å². The van der Waals surface area contributed by atoms with Crippen molar-refractivity contribution < 1.29 is 4.74 Å². The number of hydrogen-bond donors (Lipinski definition) is 1. The fourth-order valence-electron chi connectivity index (χ4n) is 3.94. The van der Waals surface area contributed by atoms with Gasteiger partial charge in [-0.05, 0) is 36.2 Å². The van der Waals surface area contributed by atoms with Crippen LogP contribution in [-0.2, 0) is 0 Å². The lowest BCUT2D eigenvalue weighted by Crippen LogP contribution is -2.13. The molecule has 0 amide bonds. The van der Waals surface area contributed by atoms with Crippen molar-refractivity contribution in [2.24, 2.45) is 4.99 Å². The van der Waals surface area contributed by atoms with E-state index >= 15 is 0 Å². The smallest absolute Gasteiger partial charge is 0.165 e. The number of methoxy groups -OCH3 is 1. The number of para-hydroxylation sites is 2. The molecule has 30 heavy (non-hydrogen) atoms. The van der Waals surface area contributed by atoms with Gasteiger partial charge in [-0.1, -0.05) is 55.5 Å². The molecule has 0 saturated carbocycles. The Bertz CT molecular complexity index is 1260. The normalized spacial score (nSPS) is 15.0. The largest absolute Gasteiger partial charge is 0.496 e. The van der Waals surface area contributed by atoms with E-state index < -0.39 is 0 Å². The van der Waals surface area contributed by atoms with Crippen LogP contribution in [0.4, 0.5) is 5.82 Å². The van der Waals surface area contributed by atoms with Crippen LogP contribution >= 0.6 is 0 Å². The van der Waals surface area contributed by atoms with E-state index in [0.29, 0.717) is 5.82 Å². The minimum atomic E-state index is 0.172. The first-order valence-electron chi connectivity index (χ1n) is 10.1.